The molecular formula is C17H16BrNO3. The van der Waals surface area contributed by atoms with E-state index in [0.29, 0.717) is 11.4 Å². The number of benzene rings is 2. The first-order valence-corrected chi connectivity index (χ1v) is 7.39. The van der Waals surface area contributed by atoms with Crippen molar-refractivity contribution in [3.05, 3.63) is 58.6 Å². The third-order valence-corrected chi connectivity index (χ3v) is 3.59. The van der Waals surface area contributed by atoms with Gasteiger partial charge in [-0.1, -0.05) is 18.2 Å². The number of methoxy groups -OCH3 is 2. The molecule has 2 aromatic carbocycles. The van der Waals surface area contributed by atoms with Crippen LogP contribution in [-0.2, 0) is 4.79 Å². The van der Waals surface area contributed by atoms with Gasteiger partial charge in [-0.25, -0.2) is 0 Å². The van der Waals surface area contributed by atoms with E-state index >= 15 is 0 Å². The smallest absolute Gasteiger partial charge is 0.248 e. The summed E-state index contributed by atoms with van der Waals surface area (Å²) < 4.78 is 11.2. The standard InChI is InChI=1S/C17H16BrNO3/c1-21-15-9-7-12(11-13(15)18)8-10-17(20)19-14-5-3-4-6-16(14)22-2/h3-11H,1-2H3,(H,19,20)/b10-8+. The number of hydrogen-bond donors (Lipinski definition) is 1. The predicted molar refractivity (Wildman–Crippen MR) is 91.4 cm³/mol. The third kappa shape index (κ3) is 4.11. The minimum Gasteiger partial charge on any atom is -0.496 e. The number of hydrogen-bond acceptors (Lipinski definition) is 3. The summed E-state index contributed by atoms with van der Waals surface area (Å²) in [6, 6.07) is 12.8. The molecule has 0 bridgehead atoms. The topological polar surface area (TPSA) is 47.6 Å². The molecule has 0 unspecified atom stereocenters. The van der Waals surface area contributed by atoms with E-state index in [0.717, 1.165) is 15.8 Å². The molecule has 22 heavy (non-hydrogen) atoms. The van der Waals surface area contributed by atoms with Gasteiger partial charge < -0.3 is 14.8 Å². The zero-order valence-corrected chi connectivity index (χ0v) is 13.9. The van der Waals surface area contributed by atoms with Crippen LogP contribution in [0.1, 0.15) is 5.56 Å². The normalized spacial score (nSPS) is 10.5. The first kappa shape index (κ1) is 16.1. The summed E-state index contributed by atoms with van der Waals surface area (Å²) in [5.41, 5.74) is 1.53. The zero-order valence-electron chi connectivity index (χ0n) is 12.3. The van der Waals surface area contributed by atoms with Crippen molar-refractivity contribution in [1.29, 1.82) is 0 Å². The van der Waals surface area contributed by atoms with Gasteiger partial charge in [-0.05, 0) is 51.8 Å². The first-order chi connectivity index (χ1) is 10.6. The van der Waals surface area contributed by atoms with E-state index in [1.807, 2.05) is 30.3 Å². The van der Waals surface area contributed by atoms with E-state index in [1.54, 1.807) is 32.4 Å². The number of amides is 1. The Morgan fingerprint density at radius 3 is 2.50 bits per heavy atom. The van der Waals surface area contributed by atoms with Gasteiger partial charge in [0.2, 0.25) is 5.91 Å². The van der Waals surface area contributed by atoms with Gasteiger partial charge in [-0.15, -0.1) is 0 Å². The Morgan fingerprint density at radius 1 is 1.09 bits per heavy atom. The molecule has 0 radical (unpaired) electrons. The molecule has 0 aliphatic rings. The highest BCUT2D eigenvalue weighted by Crippen LogP contribution is 2.26. The highest BCUT2D eigenvalue weighted by atomic mass is 79.9. The minimum absolute atomic E-state index is 0.226. The maximum Gasteiger partial charge on any atom is 0.248 e. The largest absolute Gasteiger partial charge is 0.496 e. The monoisotopic (exact) mass is 361 g/mol. The molecule has 5 heteroatoms. The summed E-state index contributed by atoms with van der Waals surface area (Å²) in [4.78, 5) is 12.0. The van der Waals surface area contributed by atoms with Crippen molar-refractivity contribution in [1.82, 2.24) is 0 Å². The molecule has 1 N–H and O–H groups in total. The minimum atomic E-state index is -0.226. The number of rotatable bonds is 5. The molecule has 0 saturated carbocycles. The van der Waals surface area contributed by atoms with Crippen molar-refractivity contribution >= 4 is 33.6 Å². The second kappa shape index (κ2) is 7.66. The van der Waals surface area contributed by atoms with Crippen molar-refractivity contribution in [3.63, 3.8) is 0 Å². The average Bonchev–Trinajstić information content (AvgIpc) is 2.53. The lowest BCUT2D eigenvalue weighted by Gasteiger charge is -2.08. The van der Waals surface area contributed by atoms with Gasteiger partial charge in [0.1, 0.15) is 11.5 Å². The fourth-order valence-electron chi connectivity index (χ4n) is 1.88. The van der Waals surface area contributed by atoms with E-state index < -0.39 is 0 Å². The van der Waals surface area contributed by atoms with Crippen LogP contribution in [0.25, 0.3) is 6.08 Å². The third-order valence-electron chi connectivity index (χ3n) is 2.97. The second-order valence-corrected chi connectivity index (χ2v) is 5.27. The van der Waals surface area contributed by atoms with Crippen molar-refractivity contribution < 1.29 is 14.3 Å². The zero-order chi connectivity index (χ0) is 15.9. The Balaban J connectivity index is 2.07. The summed E-state index contributed by atoms with van der Waals surface area (Å²) in [5, 5.41) is 2.78. The van der Waals surface area contributed by atoms with Gasteiger partial charge >= 0.3 is 0 Å². The van der Waals surface area contributed by atoms with E-state index in [2.05, 4.69) is 21.2 Å². The molecule has 4 nitrogen and oxygen atoms in total. The van der Waals surface area contributed by atoms with E-state index in [-0.39, 0.29) is 5.91 Å². The van der Waals surface area contributed by atoms with Crippen LogP contribution < -0.4 is 14.8 Å². The van der Waals surface area contributed by atoms with Crippen molar-refractivity contribution in [2.75, 3.05) is 19.5 Å². The van der Waals surface area contributed by atoms with Gasteiger partial charge in [0.05, 0.1) is 24.4 Å². The van der Waals surface area contributed by atoms with Crippen LogP contribution in [0.5, 0.6) is 11.5 Å². The van der Waals surface area contributed by atoms with Crippen LogP contribution >= 0.6 is 15.9 Å². The van der Waals surface area contributed by atoms with Crippen molar-refractivity contribution in [2.45, 2.75) is 0 Å². The number of nitrogens with one attached hydrogen (secondary N) is 1. The summed E-state index contributed by atoms with van der Waals surface area (Å²) in [6.45, 7) is 0. The molecule has 0 aromatic heterocycles. The lowest BCUT2D eigenvalue weighted by molar-refractivity contribution is -0.111. The summed E-state index contributed by atoms with van der Waals surface area (Å²) >= 11 is 3.41. The predicted octanol–water partition coefficient (Wildman–Crippen LogP) is 4.12. The lowest BCUT2D eigenvalue weighted by Crippen LogP contribution is -2.08. The van der Waals surface area contributed by atoms with Gasteiger partial charge in [0.25, 0.3) is 0 Å². The molecule has 0 aliphatic carbocycles. The van der Waals surface area contributed by atoms with Gasteiger partial charge in [0.15, 0.2) is 0 Å². The SMILES string of the molecule is COc1ccc(/C=C/C(=O)Nc2ccccc2OC)cc1Br. The molecule has 0 heterocycles. The molecule has 0 fully saturated rings. The molecule has 2 rings (SSSR count). The maximum absolute atomic E-state index is 12.0. The van der Waals surface area contributed by atoms with Crippen LogP contribution in [0.4, 0.5) is 5.69 Å². The van der Waals surface area contributed by atoms with E-state index in [1.165, 1.54) is 6.08 Å². The Labute approximate surface area is 137 Å². The molecule has 0 saturated heterocycles. The summed E-state index contributed by atoms with van der Waals surface area (Å²) in [7, 11) is 3.17. The number of anilines is 1. The van der Waals surface area contributed by atoms with E-state index in [4.69, 9.17) is 9.47 Å². The van der Waals surface area contributed by atoms with Crippen LogP contribution in [0, 0.1) is 0 Å². The number of halogens is 1. The van der Waals surface area contributed by atoms with Gasteiger partial charge in [0, 0.05) is 6.08 Å². The average molecular weight is 362 g/mol. The Morgan fingerprint density at radius 2 is 1.82 bits per heavy atom. The fraction of sp³-hybridized carbons (Fsp3) is 0.118. The van der Waals surface area contributed by atoms with Crippen LogP contribution in [-0.4, -0.2) is 20.1 Å². The maximum atomic E-state index is 12.0. The van der Waals surface area contributed by atoms with Crippen molar-refractivity contribution in [2.24, 2.45) is 0 Å². The molecule has 0 spiro atoms. The number of carbonyl (C=O) groups is 1. The molecule has 0 atom stereocenters. The quantitative estimate of drug-likeness (QED) is 0.814. The molecule has 2 aromatic rings. The van der Waals surface area contributed by atoms with E-state index in [9.17, 15) is 4.79 Å². The Kier molecular flexibility index (Phi) is 5.61. The van der Waals surface area contributed by atoms with Crippen molar-refractivity contribution in [3.8, 4) is 11.5 Å². The highest BCUT2D eigenvalue weighted by molar-refractivity contribution is 9.10. The van der Waals surface area contributed by atoms with Crippen LogP contribution in [0.3, 0.4) is 0 Å². The first-order valence-electron chi connectivity index (χ1n) is 6.59. The summed E-state index contributed by atoms with van der Waals surface area (Å²) in [6.07, 6.45) is 3.20. The van der Waals surface area contributed by atoms with Gasteiger partial charge in [-0.3, -0.25) is 4.79 Å². The van der Waals surface area contributed by atoms with Crippen LogP contribution in [0.2, 0.25) is 0 Å². The molecule has 1 amide bonds. The van der Waals surface area contributed by atoms with Crippen LogP contribution in [0.15, 0.2) is 53.0 Å². The number of carbonyl (C=O) groups excluding carboxylic acids is 1. The molecule has 114 valence electrons. The fourth-order valence-corrected chi connectivity index (χ4v) is 2.44. The Bertz CT molecular complexity index is 698. The number of ether oxygens (including phenoxy) is 2. The molecule has 0 aliphatic heterocycles. The molecular weight excluding hydrogens is 346 g/mol. The lowest BCUT2D eigenvalue weighted by atomic mass is 10.2. The highest BCUT2D eigenvalue weighted by Gasteiger charge is 2.04. The van der Waals surface area contributed by atoms with Gasteiger partial charge in [-0.2, -0.15) is 0 Å². The Hall–Kier alpha value is -2.27. The summed E-state index contributed by atoms with van der Waals surface area (Å²) in [5.74, 6) is 1.14. The number of para-hydroxylation sites is 2. The second-order valence-electron chi connectivity index (χ2n) is 4.42.